The normalized spacial score (nSPS) is 12.0. The summed E-state index contributed by atoms with van der Waals surface area (Å²) >= 11 is 1.18. The Morgan fingerprint density at radius 3 is 2.47 bits per heavy atom. The van der Waals surface area contributed by atoms with E-state index in [9.17, 15) is 17.6 Å². The lowest BCUT2D eigenvalue weighted by atomic mass is 10.3. The molecule has 2 heterocycles. The van der Waals surface area contributed by atoms with Crippen molar-refractivity contribution in [2.75, 3.05) is 0 Å². The summed E-state index contributed by atoms with van der Waals surface area (Å²) in [6, 6.07) is 2.28. The second-order valence-electron chi connectivity index (χ2n) is 2.77. The number of alkyl halides is 3. The first-order chi connectivity index (χ1) is 6.98. The van der Waals surface area contributed by atoms with Gasteiger partial charge in [-0.3, -0.25) is 0 Å². The molecule has 0 fully saturated rings. The van der Waals surface area contributed by atoms with E-state index in [1.165, 1.54) is 11.3 Å². The van der Waals surface area contributed by atoms with Crippen LogP contribution in [-0.2, 0) is 6.18 Å². The third kappa shape index (κ3) is 1.90. The number of halogens is 4. The maximum atomic E-state index is 12.8. The summed E-state index contributed by atoms with van der Waals surface area (Å²) in [5.41, 5.74) is -1.37. The fourth-order valence-corrected chi connectivity index (χ4v) is 1.78. The topological polar surface area (TPSA) is 13.1 Å². The minimum Gasteiger partial charge on any atom is -0.430 e. The van der Waals surface area contributed by atoms with Crippen LogP contribution in [0.3, 0.4) is 0 Å². The van der Waals surface area contributed by atoms with Crippen LogP contribution in [0.4, 0.5) is 17.6 Å². The smallest absolute Gasteiger partial charge is 0.422 e. The van der Waals surface area contributed by atoms with Gasteiger partial charge in [-0.25, -0.2) is 0 Å². The van der Waals surface area contributed by atoms with Crippen LogP contribution >= 0.6 is 11.3 Å². The van der Waals surface area contributed by atoms with Crippen LogP contribution < -0.4 is 0 Å². The van der Waals surface area contributed by atoms with Gasteiger partial charge in [-0.2, -0.15) is 17.6 Å². The van der Waals surface area contributed by atoms with E-state index in [1.54, 1.807) is 17.5 Å². The molecule has 2 aromatic rings. The number of rotatable bonds is 1. The van der Waals surface area contributed by atoms with Gasteiger partial charge in [0.1, 0.15) is 11.3 Å². The number of furan rings is 1. The first-order valence-corrected chi connectivity index (χ1v) is 4.77. The zero-order chi connectivity index (χ0) is 11.1. The maximum absolute atomic E-state index is 12.8. The molecule has 0 N–H and O–H groups in total. The first-order valence-electron chi connectivity index (χ1n) is 3.89. The number of hydrogen-bond acceptors (Lipinski definition) is 2. The third-order valence-corrected chi connectivity index (χ3v) is 2.64. The monoisotopic (exact) mass is 236 g/mol. The highest BCUT2D eigenvalue weighted by Crippen LogP contribution is 2.37. The predicted molar refractivity (Wildman–Crippen MR) is 47.0 cm³/mol. The van der Waals surface area contributed by atoms with Gasteiger partial charge >= 0.3 is 6.18 Å². The van der Waals surface area contributed by atoms with Gasteiger partial charge in [0.15, 0.2) is 0 Å². The van der Waals surface area contributed by atoms with Gasteiger partial charge in [0.2, 0.25) is 0 Å². The predicted octanol–water partition coefficient (Wildman–Crippen LogP) is 4.17. The molecule has 0 aliphatic heterocycles. The standard InChI is InChI=1S/C9H4F4OS/c10-8-5(9(11,12)13)4-6(14-8)7-2-1-3-15-7/h1-4H. The summed E-state index contributed by atoms with van der Waals surface area (Å²) in [4.78, 5) is 0.462. The van der Waals surface area contributed by atoms with E-state index >= 15 is 0 Å². The van der Waals surface area contributed by atoms with Crippen LogP contribution in [-0.4, -0.2) is 0 Å². The zero-order valence-electron chi connectivity index (χ0n) is 7.14. The molecule has 0 atom stereocenters. The molecule has 15 heavy (non-hydrogen) atoms. The fourth-order valence-electron chi connectivity index (χ4n) is 1.10. The van der Waals surface area contributed by atoms with E-state index in [1.807, 2.05) is 0 Å². The van der Waals surface area contributed by atoms with Crippen molar-refractivity contribution in [2.24, 2.45) is 0 Å². The molecular weight excluding hydrogens is 232 g/mol. The Morgan fingerprint density at radius 1 is 1.27 bits per heavy atom. The van der Waals surface area contributed by atoms with Crippen LogP contribution in [0.15, 0.2) is 28.0 Å². The van der Waals surface area contributed by atoms with Crippen molar-refractivity contribution in [1.29, 1.82) is 0 Å². The third-order valence-electron chi connectivity index (χ3n) is 1.76. The van der Waals surface area contributed by atoms with Crippen molar-refractivity contribution in [2.45, 2.75) is 6.18 Å². The van der Waals surface area contributed by atoms with Crippen molar-refractivity contribution in [3.8, 4) is 10.6 Å². The second kappa shape index (κ2) is 3.37. The van der Waals surface area contributed by atoms with Crippen molar-refractivity contribution in [3.63, 3.8) is 0 Å². The molecule has 0 aliphatic carbocycles. The zero-order valence-corrected chi connectivity index (χ0v) is 7.95. The molecule has 6 heteroatoms. The van der Waals surface area contributed by atoms with E-state index in [2.05, 4.69) is 4.42 Å². The molecule has 1 nitrogen and oxygen atoms in total. The molecule has 2 rings (SSSR count). The molecule has 0 aliphatic rings. The van der Waals surface area contributed by atoms with Crippen LogP contribution in [0, 0.1) is 6.01 Å². The van der Waals surface area contributed by atoms with Crippen LogP contribution in [0.2, 0.25) is 0 Å². The molecule has 0 aromatic carbocycles. The molecule has 0 bridgehead atoms. The summed E-state index contributed by atoms with van der Waals surface area (Å²) in [5.74, 6) is -0.102. The summed E-state index contributed by atoms with van der Waals surface area (Å²) in [7, 11) is 0. The molecule has 0 spiro atoms. The summed E-state index contributed by atoms with van der Waals surface area (Å²) in [5, 5.41) is 1.67. The average molecular weight is 236 g/mol. The Balaban J connectivity index is 2.47. The van der Waals surface area contributed by atoms with Crippen molar-refractivity contribution in [1.82, 2.24) is 0 Å². The van der Waals surface area contributed by atoms with E-state index in [-0.39, 0.29) is 5.76 Å². The summed E-state index contributed by atoms with van der Waals surface area (Å²) in [6.07, 6.45) is -4.72. The summed E-state index contributed by atoms with van der Waals surface area (Å²) < 4.78 is 53.8. The van der Waals surface area contributed by atoms with E-state index < -0.39 is 17.8 Å². The second-order valence-corrected chi connectivity index (χ2v) is 3.72. The SMILES string of the molecule is Fc1oc(-c2cccs2)cc1C(F)(F)F. The van der Waals surface area contributed by atoms with Gasteiger partial charge in [-0.05, 0) is 11.4 Å². The van der Waals surface area contributed by atoms with E-state index in [0.29, 0.717) is 10.9 Å². The van der Waals surface area contributed by atoms with Crippen LogP contribution in [0.1, 0.15) is 5.56 Å². The van der Waals surface area contributed by atoms with E-state index in [4.69, 9.17) is 0 Å². The maximum Gasteiger partial charge on any atom is 0.422 e. The molecular formula is C9H4F4OS. The van der Waals surface area contributed by atoms with Crippen molar-refractivity contribution >= 4 is 11.3 Å². The quantitative estimate of drug-likeness (QED) is 0.677. The van der Waals surface area contributed by atoms with Gasteiger partial charge in [0.05, 0.1) is 4.88 Å². The molecule has 0 saturated heterocycles. The minimum absolute atomic E-state index is 0.102. The fraction of sp³-hybridized carbons (Fsp3) is 0.111. The lowest BCUT2D eigenvalue weighted by Gasteiger charge is -2.00. The highest BCUT2D eigenvalue weighted by atomic mass is 32.1. The lowest BCUT2D eigenvalue weighted by molar-refractivity contribution is -0.141. The van der Waals surface area contributed by atoms with E-state index in [0.717, 1.165) is 0 Å². The van der Waals surface area contributed by atoms with Crippen LogP contribution in [0.5, 0.6) is 0 Å². The van der Waals surface area contributed by atoms with Crippen molar-refractivity contribution < 1.29 is 22.0 Å². The molecule has 0 radical (unpaired) electrons. The lowest BCUT2D eigenvalue weighted by Crippen LogP contribution is -2.04. The summed E-state index contributed by atoms with van der Waals surface area (Å²) in [6.45, 7) is 0. The Hall–Kier alpha value is -1.30. The Labute approximate surface area is 86.0 Å². The van der Waals surface area contributed by atoms with Gasteiger partial charge in [-0.15, -0.1) is 11.3 Å². The Morgan fingerprint density at radius 2 is 2.00 bits per heavy atom. The molecule has 2 aromatic heterocycles. The molecule has 80 valence electrons. The van der Waals surface area contributed by atoms with Gasteiger partial charge in [-0.1, -0.05) is 6.07 Å². The van der Waals surface area contributed by atoms with Crippen LogP contribution in [0.25, 0.3) is 10.6 Å². The molecule has 0 saturated carbocycles. The Kier molecular flexibility index (Phi) is 2.30. The van der Waals surface area contributed by atoms with Gasteiger partial charge in [0, 0.05) is 6.07 Å². The first kappa shape index (κ1) is 10.2. The highest BCUT2D eigenvalue weighted by Gasteiger charge is 2.37. The van der Waals surface area contributed by atoms with Crippen molar-refractivity contribution in [3.05, 3.63) is 35.2 Å². The number of hydrogen-bond donors (Lipinski definition) is 0. The van der Waals surface area contributed by atoms with Gasteiger partial charge in [0.25, 0.3) is 6.01 Å². The molecule has 0 amide bonds. The molecule has 0 unspecified atom stereocenters. The largest absolute Gasteiger partial charge is 0.430 e. The highest BCUT2D eigenvalue weighted by molar-refractivity contribution is 7.13. The van der Waals surface area contributed by atoms with Gasteiger partial charge < -0.3 is 4.42 Å². The number of thiophene rings is 1. The minimum atomic E-state index is -4.72. The average Bonchev–Trinajstić information content (AvgIpc) is 2.68. The Bertz CT molecular complexity index is 455.